The number of carbonyl (C=O) groups is 1. The van der Waals surface area contributed by atoms with Gasteiger partial charge in [0.15, 0.2) is 44.0 Å². The van der Waals surface area contributed by atoms with Crippen LogP contribution in [0.4, 0.5) is 5.69 Å². The number of aliphatic hydroxyl groups is 20. The van der Waals surface area contributed by atoms with E-state index < -0.39 is 288 Å². The molecule has 22 N–H and O–H groups in total. The maximum atomic E-state index is 14.1. The number of nitrogens with one attached hydrogen (secondary N) is 1. The van der Waals surface area contributed by atoms with E-state index in [4.69, 9.17) is 66.3 Å². The molecule has 14 bridgehead atoms. The van der Waals surface area contributed by atoms with Crippen LogP contribution in [0.1, 0.15) is 0 Å². The molecular formula is C57H86N2O38S2. The predicted octanol–water partition coefficient (Wildman–Crippen LogP) is -12.8. The first-order chi connectivity index (χ1) is 47.0. The first kappa shape index (κ1) is 78.5. The minimum absolute atomic E-state index is 0.241. The van der Waals surface area contributed by atoms with Gasteiger partial charge in [0.2, 0.25) is 10.0 Å². The molecular weight excluding hydrogens is 1380 g/mol. The zero-order valence-corrected chi connectivity index (χ0v) is 54.1. The van der Waals surface area contributed by atoms with Crippen LogP contribution in [0.3, 0.4) is 0 Å². The molecule has 0 saturated carbocycles. The molecule has 21 aliphatic rings. The van der Waals surface area contributed by atoms with Crippen LogP contribution in [0.2, 0.25) is 0 Å². The highest BCUT2D eigenvalue weighted by Crippen LogP contribution is 2.40. The van der Waals surface area contributed by atoms with Gasteiger partial charge in [-0.25, -0.2) is 8.42 Å². The Morgan fingerprint density at radius 3 is 0.909 bits per heavy atom. The molecule has 0 aromatic heterocycles. The van der Waals surface area contributed by atoms with E-state index in [1.807, 2.05) is 0 Å². The van der Waals surface area contributed by atoms with Crippen LogP contribution in [0.15, 0.2) is 41.3 Å². The number of nitrogens with zero attached hydrogens (tertiary/aromatic N) is 1. The van der Waals surface area contributed by atoms with E-state index in [2.05, 4.69) is 4.72 Å². The topological polar surface area (TPSA) is 621 Å². The Kier molecular flexibility index (Phi) is 26.2. The van der Waals surface area contributed by atoms with Crippen molar-refractivity contribution in [3.63, 3.8) is 0 Å². The molecule has 21 heterocycles. The number of anilines is 1. The van der Waals surface area contributed by atoms with Crippen molar-refractivity contribution in [2.45, 2.75) is 226 Å². The molecule has 564 valence electrons. The van der Waals surface area contributed by atoms with Gasteiger partial charge in [0, 0.05) is 42.1 Å². The molecule has 21 aliphatic heterocycles. The summed E-state index contributed by atoms with van der Waals surface area (Å²) in [6.45, 7) is -6.63. The highest BCUT2D eigenvalue weighted by Gasteiger charge is 2.60. The highest BCUT2D eigenvalue weighted by molar-refractivity contribution is 7.99. The molecule has 2 aromatic carbocycles. The van der Waals surface area contributed by atoms with E-state index in [0.29, 0.717) is 22.8 Å². The van der Waals surface area contributed by atoms with Crippen molar-refractivity contribution in [3.05, 3.63) is 36.4 Å². The molecule has 2 aromatic rings. The molecule has 0 aliphatic carbocycles. The summed E-state index contributed by atoms with van der Waals surface area (Å²) in [5.41, 5.74) is 0.639. The normalized spacial score (nSPS) is 46.1. The lowest BCUT2D eigenvalue weighted by molar-refractivity contribution is -0.396. The maximum absolute atomic E-state index is 14.1. The number of aliphatic carboxylic acids is 1. The van der Waals surface area contributed by atoms with Crippen LogP contribution >= 0.6 is 11.8 Å². The van der Waals surface area contributed by atoms with Crippen LogP contribution in [-0.2, 0) is 81.1 Å². The minimum atomic E-state index is -4.66. The second kappa shape index (κ2) is 33.1. The Bertz CT molecular complexity index is 3050. The number of carboxylic acid groups (broad SMARTS) is 1. The number of thioether (sulfide) groups is 1. The van der Waals surface area contributed by atoms with Crippen molar-refractivity contribution in [1.82, 2.24) is 4.72 Å². The SMILES string of the molecule is CN(C)c1cccc2c(S(=O)(=O)N[C@@H](CSC[C@H]3O[C@@H]4O[C@H]5[C@H](O)[C@@H](O)[C@@H](O[C@H]6[C@H](O)[C@@H](O)[C@@H](O[C@H]7[C@H](O)[C@@H](O)[C@@H](O[C@H]8[C@H](O)[C@@H](O)[C@@H](O[C@H]9[C@H](O)[C@@H](O)[C@@H](O[C@H]%10[C@H](O)[C@@H](O)[C@@H](O[C@H]3[C@H](O)[C@H]4O)O[C@@H]%10CO)O[C@@H]9CO)O[C@@H]8CO)O[C@@H]7CO)O[C@@H]6CO)O[C@@H]5CO)C(=O)O)cccc12. The van der Waals surface area contributed by atoms with Gasteiger partial charge < -0.3 is 178 Å². The lowest BCUT2D eigenvalue weighted by Crippen LogP contribution is -2.68. The number of sulfonamides is 1. The number of hydrogen-bond acceptors (Lipinski definition) is 39. The van der Waals surface area contributed by atoms with Crippen molar-refractivity contribution in [1.29, 1.82) is 0 Å². The molecule has 0 spiro atoms. The smallest absolute Gasteiger partial charge is 0.322 e. The van der Waals surface area contributed by atoms with Crippen LogP contribution in [0.25, 0.3) is 10.8 Å². The second-order valence-electron chi connectivity index (χ2n) is 25.0. The molecule has 36 atom stereocenters. The van der Waals surface area contributed by atoms with Crippen molar-refractivity contribution >= 4 is 44.2 Å². The molecule has 99 heavy (non-hydrogen) atoms. The predicted molar refractivity (Wildman–Crippen MR) is 319 cm³/mol. The van der Waals surface area contributed by atoms with Crippen LogP contribution in [0.5, 0.6) is 0 Å². The molecule has 0 unspecified atom stereocenters. The molecule has 21 fully saturated rings. The van der Waals surface area contributed by atoms with Crippen molar-refractivity contribution < 1.29 is 187 Å². The second-order valence-corrected chi connectivity index (χ2v) is 27.8. The van der Waals surface area contributed by atoms with E-state index in [-0.39, 0.29) is 10.3 Å². The fourth-order valence-electron chi connectivity index (χ4n) is 13.0. The summed E-state index contributed by atoms with van der Waals surface area (Å²) in [5, 5.41) is 237. The van der Waals surface area contributed by atoms with Gasteiger partial charge in [0.1, 0.15) is 171 Å². The van der Waals surface area contributed by atoms with Crippen molar-refractivity contribution in [3.8, 4) is 0 Å². The third-order valence-electron chi connectivity index (χ3n) is 18.4. The first-order valence-electron chi connectivity index (χ1n) is 31.4. The van der Waals surface area contributed by atoms with E-state index in [1.54, 1.807) is 37.2 Å². The zero-order chi connectivity index (χ0) is 72.0. The Hall–Kier alpha value is -3.13. The van der Waals surface area contributed by atoms with Crippen LogP contribution in [0, 0.1) is 0 Å². The molecule has 23 rings (SSSR count). The number of rotatable bonds is 15. The van der Waals surface area contributed by atoms with Gasteiger partial charge in [-0.1, -0.05) is 24.3 Å². The third-order valence-corrected chi connectivity index (χ3v) is 21.1. The molecule has 40 nitrogen and oxygen atoms in total. The summed E-state index contributed by atoms with van der Waals surface area (Å²) in [4.78, 5) is 14.3. The molecule has 42 heteroatoms. The summed E-state index contributed by atoms with van der Waals surface area (Å²) in [6, 6.07) is 7.34. The van der Waals surface area contributed by atoms with E-state index in [9.17, 15) is 120 Å². The molecule has 21 saturated heterocycles. The summed E-state index contributed by atoms with van der Waals surface area (Å²) in [6.07, 6.45) is -73.1. The number of ether oxygens (including phenoxy) is 14. The largest absolute Gasteiger partial charge is 0.480 e. The Morgan fingerprint density at radius 2 is 0.646 bits per heavy atom. The average molecular weight is 1470 g/mol. The van der Waals surface area contributed by atoms with Gasteiger partial charge in [0.05, 0.1) is 50.6 Å². The van der Waals surface area contributed by atoms with Gasteiger partial charge in [-0.3, -0.25) is 4.79 Å². The summed E-state index contributed by atoms with van der Waals surface area (Å²) in [7, 11) is -1.19. The van der Waals surface area contributed by atoms with Gasteiger partial charge in [-0.15, -0.1) is 0 Å². The Labute approximate surface area is 566 Å². The molecule has 0 radical (unpaired) electrons. The number of aliphatic hydroxyl groups excluding tert-OH is 20. The highest BCUT2D eigenvalue weighted by atomic mass is 32.2. The number of hydrogen-bond donors (Lipinski definition) is 22. The van der Waals surface area contributed by atoms with Crippen LogP contribution in [-0.4, -0.2) is 408 Å². The summed E-state index contributed by atoms with van der Waals surface area (Å²) >= 11 is 0.643. The standard InChI is InChI=1S/C57H86N2O38S2/c1-59(2)20-7-3-6-18-17(20)5-4-8-28(18)99(82,83)58-19(50(80)81)15-98-16-27-49-35(72)42(79)57(90-27)96-48-26(14-65)88-55(40(77)33(48)70)94-46-24(12-63)86-53(38(75)31(46)68)92-44-22(10-61)84-51(36(73)29(44)66)91-43-21(9-60)85-52(37(74)30(43)67)93-45-23(11-62)87-54(39(76)32(45)69)95-47-25(13-64)89-56(97-49)41(78)34(47)71/h3-8,19,21-27,29-49,51-58,60-79H,9-16H2,1-2H3,(H,80,81)/t19-,21+,22+,23+,24+,25+,26+,27+,29+,30+,31+,32+,33+,34+,35+,36+,37+,38+,39+,40+,41+,42+,43+,44+,45+,46+,47+,48+,49+,51+,52+,53+,54+,55+,56+,57+/m0/s1. The maximum Gasteiger partial charge on any atom is 0.322 e. The third kappa shape index (κ3) is 16.0. The number of benzene rings is 2. The Morgan fingerprint density at radius 1 is 0.394 bits per heavy atom. The quantitative estimate of drug-likeness (QED) is 0.0787. The lowest BCUT2D eigenvalue weighted by Gasteiger charge is -2.50. The van der Waals surface area contributed by atoms with Gasteiger partial charge >= 0.3 is 5.97 Å². The summed E-state index contributed by atoms with van der Waals surface area (Å²) < 4.78 is 112. The monoisotopic (exact) mass is 1470 g/mol. The van der Waals surface area contributed by atoms with Crippen molar-refractivity contribution in [2.24, 2.45) is 0 Å². The van der Waals surface area contributed by atoms with Crippen LogP contribution < -0.4 is 9.62 Å². The fourth-order valence-corrected chi connectivity index (χ4v) is 15.6. The summed E-state index contributed by atoms with van der Waals surface area (Å²) in [5.74, 6) is -2.89. The first-order valence-corrected chi connectivity index (χ1v) is 34.0. The number of fused-ring (bicyclic) bond motifs is 1. The van der Waals surface area contributed by atoms with Gasteiger partial charge in [-0.2, -0.15) is 16.5 Å². The van der Waals surface area contributed by atoms with E-state index in [1.165, 1.54) is 18.2 Å². The van der Waals surface area contributed by atoms with Crippen molar-refractivity contribution in [2.75, 3.05) is 70.1 Å². The fraction of sp³-hybridized carbons (Fsp3) is 0.807. The zero-order valence-electron chi connectivity index (χ0n) is 52.5. The minimum Gasteiger partial charge on any atom is -0.480 e. The Balaban J connectivity index is 0.945. The molecule has 0 amide bonds. The van der Waals surface area contributed by atoms with E-state index >= 15 is 0 Å². The average Bonchev–Trinajstić information content (AvgIpc) is 0.788. The van der Waals surface area contributed by atoms with E-state index in [0.717, 1.165) is 0 Å². The number of carboxylic acids is 1. The van der Waals surface area contributed by atoms with Gasteiger partial charge in [-0.05, 0) is 12.1 Å². The van der Waals surface area contributed by atoms with Gasteiger partial charge in [0.25, 0.3) is 0 Å². The lowest BCUT2D eigenvalue weighted by atomic mass is 9.95.